The highest BCUT2D eigenvalue weighted by Gasteiger charge is 2.04. The quantitative estimate of drug-likeness (QED) is 0.496. The lowest BCUT2D eigenvalue weighted by atomic mass is 9.94. The molecule has 1 rings (SSSR count). The molecule has 11 heavy (non-hydrogen) atoms. The molecule has 0 spiro atoms. The van der Waals surface area contributed by atoms with Crippen LogP contribution in [0, 0.1) is 12.3 Å². The Morgan fingerprint density at radius 2 is 2.45 bits per heavy atom. The van der Waals surface area contributed by atoms with Crippen LogP contribution in [0.15, 0.2) is 35.5 Å². The van der Waals surface area contributed by atoms with Crippen molar-refractivity contribution in [1.82, 2.24) is 0 Å². The van der Waals surface area contributed by atoms with Gasteiger partial charge in [0.05, 0.1) is 0 Å². The lowest BCUT2D eigenvalue weighted by Gasteiger charge is -2.10. The molecule has 0 bridgehead atoms. The average molecular weight is 144 g/mol. The van der Waals surface area contributed by atoms with Crippen LogP contribution < -0.4 is 0 Å². The maximum Gasteiger partial charge on any atom is 0.0242 e. The molecule has 0 heterocycles. The van der Waals surface area contributed by atoms with Gasteiger partial charge in [-0.25, -0.2) is 0 Å². The van der Waals surface area contributed by atoms with Crippen LogP contribution in [0.4, 0.5) is 0 Å². The summed E-state index contributed by atoms with van der Waals surface area (Å²) in [5, 5.41) is 0. The van der Waals surface area contributed by atoms with Crippen LogP contribution >= 0.6 is 0 Å². The van der Waals surface area contributed by atoms with Crippen LogP contribution in [0.1, 0.15) is 19.8 Å². The van der Waals surface area contributed by atoms with Gasteiger partial charge in [0, 0.05) is 5.57 Å². The summed E-state index contributed by atoms with van der Waals surface area (Å²) in [6, 6.07) is 0. The molecule has 0 atom stereocenters. The van der Waals surface area contributed by atoms with Crippen molar-refractivity contribution in [2.75, 3.05) is 0 Å². The fourth-order valence-electron chi connectivity index (χ4n) is 1.21. The van der Waals surface area contributed by atoms with Gasteiger partial charge in [-0.3, -0.25) is 0 Å². The molecule has 0 fully saturated rings. The van der Waals surface area contributed by atoms with Crippen molar-refractivity contribution in [2.45, 2.75) is 19.8 Å². The first-order valence-corrected chi connectivity index (χ1v) is 3.78. The topological polar surface area (TPSA) is 0 Å². The minimum absolute atomic E-state index is 0.804. The molecule has 0 heteroatoms. The van der Waals surface area contributed by atoms with E-state index >= 15 is 0 Å². The Balaban J connectivity index is 2.95. The van der Waals surface area contributed by atoms with E-state index in [-0.39, 0.29) is 0 Å². The molecule has 0 aromatic carbocycles. The smallest absolute Gasteiger partial charge is 0.0242 e. The third kappa shape index (κ3) is 1.62. The van der Waals surface area contributed by atoms with Crippen molar-refractivity contribution < 1.29 is 0 Å². The third-order valence-electron chi connectivity index (χ3n) is 1.93. The van der Waals surface area contributed by atoms with E-state index in [9.17, 15) is 0 Å². The van der Waals surface area contributed by atoms with Gasteiger partial charge in [0.2, 0.25) is 0 Å². The Kier molecular flexibility index (Phi) is 2.33. The summed E-state index contributed by atoms with van der Waals surface area (Å²) >= 11 is 0. The van der Waals surface area contributed by atoms with E-state index in [0.717, 1.165) is 24.0 Å². The van der Waals surface area contributed by atoms with E-state index in [0.29, 0.717) is 0 Å². The Labute approximate surface area is 68.3 Å². The normalized spacial score (nSPS) is 16.4. The van der Waals surface area contributed by atoms with E-state index < -0.39 is 0 Å². The lowest BCUT2D eigenvalue weighted by Crippen LogP contribution is -1.92. The molecule has 0 saturated carbocycles. The first-order valence-electron chi connectivity index (χ1n) is 3.78. The molecule has 0 aromatic heterocycles. The summed E-state index contributed by atoms with van der Waals surface area (Å²) in [6.45, 7) is 5.91. The molecule has 1 aliphatic carbocycles. The third-order valence-corrected chi connectivity index (χ3v) is 1.93. The first kappa shape index (κ1) is 7.88. The van der Waals surface area contributed by atoms with Crippen molar-refractivity contribution >= 4 is 0 Å². The zero-order chi connectivity index (χ0) is 8.27. The zero-order valence-corrected chi connectivity index (χ0v) is 6.85. The predicted octanol–water partition coefficient (Wildman–Crippen LogP) is 2.84. The summed E-state index contributed by atoms with van der Waals surface area (Å²) in [5.41, 5.74) is 3.31. The molecule has 0 saturated heterocycles. The number of allylic oxidation sites excluding steroid dienone is 5. The second-order valence-electron chi connectivity index (χ2n) is 2.76. The molecule has 0 N–H and O–H groups in total. The molecular formula is C11H12. The minimum Gasteiger partial charge on any atom is -0.115 e. The summed E-state index contributed by atoms with van der Waals surface area (Å²) in [6.07, 6.45) is 11.7. The van der Waals surface area contributed by atoms with Crippen LogP contribution in [-0.2, 0) is 0 Å². The van der Waals surface area contributed by atoms with E-state index in [1.165, 1.54) is 5.57 Å². The van der Waals surface area contributed by atoms with E-state index in [1.54, 1.807) is 0 Å². The predicted molar refractivity (Wildman–Crippen MR) is 49.0 cm³/mol. The zero-order valence-electron chi connectivity index (χ0n) is 6.85. The van der Waals surface area contributed by atoms with Crippen LogP contribution in [0.2, 0.25) is 0 Å². The molecule has 1 aliphatic rings. The highest BCUT2D eigenvalue weighted by Crippen LogP contribution is 2.22. The van der Waals surface area contributed by atoms with Crippen LogP contribution in [-0.4, -0.2) is 0 Å². The van der Waals surface area contributed by atoms with Crippen LogP contribution in [0.3, 0.4) is 0 Å². The van der Waals surface area contributed by atoms with Crippen LogP contribution in [0.25, 0.3) is 0 Å². The van der Waals surface area contributed by atoms with Gasteiger partial charge in [-0.2, -0.15) is 0 Å². The molecule has 0 aromatic rings. The Hall–Kier alpha value is -1.22. The SMILES string of the molecule is C#CC(=C)C1=C(C)CCC=C1. The number of terminal acetylenes is 1. The molecule has 0 aliphatic heterocycles. The van der Waals surface area contributed by atoms with Crippen molar-refractivity contribution in [1.29, 1.82) is 0 Å². The van der Waals surface area contributed by atoms with Gasteiger partial charge < -0.3 is 0 Å². The summed E-state index contributed by atoms with van der Waals surface area (Å²) < 4.78 is 0. The summed E-state index contributed by atoms with van der Waals surface area (Å²) in [7, 11) is 0. The largest absolute Gasteiger partial charge is 0.115 e. The van der Waals surface area contributed by atoms with Crippen molar-refractivity contribution in [3.8, 4) is 12.3 Å². The summed E-state index contributed by atoms with van der Waals surface area (Å²) in [5.74, 6) is 2.56. The molecule has 0 radical (unpaired) electrons. The minimum atomic E-state index is 0.804. The molecule has 0 nitrogen and oxygen atoms in total. The van der Waals surface area contributed by atoms with E-state index in [4.69, 9.17) is 6.42 Å². The Bertz CT molecular complexity index is 269. The Morgan fingerprint density at radius 1 is 1.73 bits per heavy atom. The fourth-order valence-corrected chi connectivity index (χ4v) is 1.21. The van der Waals surface area contributed by atoms with Gasteiger partial charge in [0.25, 0.3) is 0 Å². The Morgan fingerprint density at radius 3 is 3.00 bits per heavy atom. The summed E-state index contributed by atoms with van der Waals surface area (Å²) in [4.78, 5) is 0. The highest BCUT2D eigenvalue weighted by molar-refractivity contribution is 5.51. The van der Waals surface area contributed by atoms with E-state index in [1.807, 2.05) is 0 Å². The second-order valence-corrected chi connectivity index (χ2v) is 2.76. The van der Waals surface area contributed by atoms with Gasteiger partial charge >= 0.3 is 0 Å². The van der Waals surface area contributed by atoms with Crippen molar-refractivity contribution in [3.05, 3.63) is 35.5 Å². The van der Waals surface area contributed by atoms with Crippen LogP contribution in [0.5, 0.6) is 0 Å². The van der Waals surface area contributed by atoms with Gasteiger partial charge in [0.1, 0.15) is 0 Å². The molecule has 0 amide bonds. The maximum absolute atomic E-state index is 5.25. The molecular weight excluding hydrogens is 132 g/mol. The van der Waals surface area contributed by atoms with Gasteiger partial charge in [-0.15, -0.1) is 6.42 Å². The molecule has 0 unspecified atom stereocenters. The standard InChI is InChI=1S/C11H12/c1-4-9(2)11-8-6-5-7-10(11)3/h1,6,8H,2,5,7H2,3H3. The number of rotatable bonds is 1. The lowest BCUT2D eigenvalue weighted by molar-refractivity contribution is 0.946. The van der Waals surface area contributed by atoms with E-state index in [2.05, 4.69) is 31.6 Å². The highest BCUT2D eigenvalue weighted by atomic mass is 14.1. The fraction of sp³-hybridized carbons (Fsp3) is 0.273. The number of hydrogen-bond acceptors (Lipinski definition) is 0. The number of hydrogen-bond donors (Lipinski definition) is 0. The van der Waals surface area contributed by atoms with Gasteiger partial charge in [-0.1, -0.05) is 30.2 Å². The second kappa shape index (κ2) is 3.25. The van der Waals surface area contributed by atoms with Gasteiger partial charge in [-0.05, 0) is 25.3 Å². The van der Waals surface area contributed by atoms with Gasteiger partial charge in [0.15, 0.2) is 0 Å². The van der Waals surface area contributed by atoms with Crippen molar-refractivity contribution in [3.63, 3.8) is 0 Å². The molecule has 56 valence electrons. The first-order chi connectivity index (χ1) is 5.25. The van der Waals surface area contributed by atoms with Crippen molar-refractivity contribution in [2.24, 2.45) is 0 Å². The monoisotopic (exact) mass is 144 g/mol. The maximum atomic E-state index is 5.25. The average Bonchev–Trinajstić information content (AvgIpc) is 2.04.